The van der Waals surface area contributed by atoms with Gasteiger partial charge < -0.3 is 0 Å². The highest BCUT2D eigenvalue weighted by Crippen LogP contribution is 2.24. The number of benzene rings is 1. The molecule has 0 amide bonds. The van der Waals surface area contributed by atoms with E-state index in [1.807, 2.05) is 43.7 Å². The number of carbonyl (C=O) groups excluding carboxylic acids is 1. The largest absolute Gasteiger partial charge is 0.265 e. The van der Waals surface area contributed by atoms with Crippen molar-refractivity contribution in [1.82, 2.24) is 9.78 Å². The second-order valence-electron chi connectivity index (χ2n) is 4.62. The molecule has 0 N–H and O–H groups in total. The predicted octanol–water partition coefficient (Wildman–Crippen LogP) is 2.95. The van der Waals surface area contributed by atoms with Gasteiger partial charge in [0.25, 0.3) is 0 Å². The van der Waals surface area contributed by atoms with Gasteiger partial charge in [-0.1, -0.05) is 30.3 Å². The van der Waals surface area contributed by atoms with Crippen LogP contribution in [0.1, 0.15) is 35.5 Å². The van der Waals surface area contributed by atoms with Crippen LogP contribution in [0.3, 0.4) is 0 Å². The summed E-state index contributed by atoms with van der Waals surface area (Å²) in [5, 5.41) is 4.54. The molecule has 0 radical (unpaired) electrons. The van der Waals surface area contributed by atoms with Crippen LogP contribution in [0.25, 0.3) is 0 Å². The van der Waals surface area contributed by atoms with E-state index >= 15 is 0 Å². The van der Waals surface area contributed by atoms with Gasteiger partial charge in [-0.15, -0.1) is 0 Å². The average molecular weight is 255 g/mol. The molecule has 0 bridgehead atoms. The monoisotopic (exact) mass is 255 g/mol. The molecule has 19 heavy (non-hydrogen) atoms. The lowest BCUT2D eigenvalue weighted by Crippen LogP contribution is -2.04. The van der Waals surface area contributed by atoms with Gasteiger partial charge in [0.1, 0.15) is 0 Å². The zero-order valence-corrected chi connectivity index (χ0v) is 11.4. The number of rotatable bonds is 4. The van der Waals surface area contributed by atoms with E-state index in [4.69, 9.17) is 0 Å². The molecule has 0 saturated carbocycles. The zero-order chi connectivity index (χ0) is 13.8. The van der Waals surface area contributed by atoms with Crippen LogP contribution >= 0.6 is 0 Å². The summed E-state index contributed by atoms with van der Waals surface area (Å²) in [6.07, 6.45) is 1.62. The second kappa shape index (κ2) is 5.63. The van der Waals surface area contributed by atoms with Crippen LogP contribution < -0.4 is 0 Å². The fourth-order valence-corrected chi connectivity index (χ4v) is 2.37. The highest BCUT2D eigenvalue weighted by molar-refractivity contribution is 5.37. The summed E-state index contributed by atoms with van der Waals surface area (Å²) in [6.45, 7) is 6.57. The molecule has 0 aliphatic rings. The molecule has 2 aromatic rings. The van der Waals surface area contributed by atoms with Crippen molar-refractivity contribution in [1.29, 1.82) is 0 Å². The highest BCUT2D eigenvalue weighted by Gasteiger charge is 2.16. The molecule has 1 unspecified atom stereocenters. The molecule has 0 fully saturated rings. The van der Waals surface area contributed by atoms with Crippen LogP contribution in [0, 0.1) is 13.8 Å². The van der Waals surface area contributed by atoms with Gasteiger partial charge in [0, 0.05) is 11.3 Å². The van der Waals surface area contributed by atoms with Gasteiger partial charge in [-0.25, -0.2) is 4.79 Å². The normalized spacial score (nSPS) is 11.9. The van der Waals surface area contributed by atoms with Crippen LogP contribution in [0.2, 0.25) is 0 Å². The predicted molar refractivity (Wildman–Crippen MR) is 73.8 cm³/mol. The Balaban J connectivity index is 2.34. The first-order valence-corrected chi connectivity index (χ1v) is 6.28. The van der Waals surface area contributed by atoms with E-state index in [9.17, 15) is 4.79 Å². The zero-order valence-electron chi connectivity index (χ0n) is 11.4. The first kappa shape index (κ1) is 13.2. The lowest BCUT2D eigenvalue weighted by Gasteiger charge is -2.07. The summed E-state index contributed by atoms with van der Waals surface area (Å²) in [5.74, 6) is 0. The fourth-order valence-electron chi connectivity index (χ4n) is 2.37. The smallest absolute Gasteiger partial charge is 0.235 e. The lowest BCUT2D eigenvalue weighted by atomic mass is 10.1. The summed E-state index contributed by atoms with van der Waals surface area (Å²) in [5.41, 5.74) is 4.18. The van der Waals surface area contributed by atoms with E-state index < -0.39 is 0 Å². The molecular formula is C15H17N3O. The highest BCUT2D eigenvalue weighted by atomic mass is 16.1. The molecule has 1 aromatic heterocycles. The second-order valence-corrected chi connectivity index (χ2v) is 4.62. The van der Waals surface area contributed by atoms with Gasteiger partial charge in [0.15, 0.2) is 0 Å². The molecule has 2 rings (SSSR count). The molecule has 4 nitrogen and oxygen atoms in total. The van der Waals surface area contributed by atoms with Crippen molar-refractivity contribution in [2.24, 2.45) is 4.99 Å². The van der Waals surface area contributed by atoms with E-state index in [-0.39, 0.29) is 6.04 Å². The summed E-state index contributed by atoms with van der Waals surface area (Å²) < 4.78 is 1.96. The van der Waals surface area contributed by atoms with Gasteiger partial charge in [-0.2, -0.15) is 10.1 Å². The minimum absolute atomic E-state index is 0.193. The molecule has 1 atom stereocenters. The summed E-state index contributed by atoms with van der Waals surface area (Å²) >= 11 is 0. The van der Waals surface area contributed by atoms with Crippen molar-refractivity contribution in [3.05, 3.63) is 52.8 Å². The Morgan fingerprint density at radius 2 is 2.00 bits per heavy atom. The van der Waals surface area contributed by atoms with Gasteiger partial charge in [0.05, 0.1) is 18.3 Å². The van der Waals surface area contributed by atoms with Crippen molar-refractivity contribution in [2.75, 3.05) is 0 Å². The number of hydrogen-bond acceptors (Lipinski definition) is 3. The number of aliphatic imine (C=N–C) groups is 1. The summed E-state index contributed by atoms with van der Waals surface area (Å²) in [4.78, 5) is 14.2. The molecule has 0 aliphatic heterocycles. The number of nitrogens with zero attached hydrogens (tertiary/aromatic N) is 3. The molecule has 1 heterocycles. The number of aromatic nitrogens is 2. The standard InChI is InChI=1S/C15H17N3O/c1-11(16-10-19)15-12(2)17-18(13(15)3)9-14-7-5-4-6-8-14/h4-8,11H,9H2,1-3H3. The topological polar surface area (TPSA) is 47.2 Å². The van der Waals surface area contributed by atoms with Gasteiger partial charge in [-0.3, -0.25) is 4.68 Å². The number of isocyanates is 1. The van der Waals surface area contributed by atoms with Gasteiger partial charge in [-0.05, 0) is 26.3 Å². The van der Waals surface area contributed by atoms with Crippen LogP contribution in [0.5, 0.6) is 0 Å². The van der Waals surface area contributed by atoms with Gasteiger partial charge in [0.2, 0.25) is 6.08 Å². The van der Waals surface area contributed by atoms with E-state index in [1.54, 1.807) is 6.08 Å². The summed E-state index contributed by atoms with van der Waals surface area (Å²) in [7, 11) is 0. The van der Waals surface area contributed by atoms with E-state index in [2.05, 4.69) is 22.2 Å². The van der Waals surface area contributed by atoms with Crippen LogP contribution in [0.4, 0.5) is 0 Å². The molecule has 98 valence electrons. The van der Waals surface area contributed by atoms with E-state index in [0.717, 1.165) is 23.5 Å². The summed E-state index contributed by atoms with van der Waals surface area (Å²) in [6, 6.07) is 9.98. The van der Waals surface area contributed by atoms with Crippen molar-refractivity contribution in [3.8, 4) is 0 Å². The number of hydrogen-bond donors (Lipinski definition) is 0. The van der Waals surface area contributed by atoms with Crippen molar-refractivity contribution in [2.45, 2.75) is 33.4 Å². The SMILES string of the molecule is Cc1nn(Cc2ccccc2)c(C)c1C(C)N=C=O. The first-order chi connectivity index (χ1) is 9.13. The Labute approximate surface area is 112 Å². The van der Waals surface area contributed by atoms with Crippen LogP contribution in [-0.4, -0.2) is 15.9 Å². The minimum atomic E-state index is -0.193. The Bertz CT molecular complexity index is 610. The lowest BCUT2D eigenvalue weighted by molar-refractivity contribution is 0.559. The third-order valence-electron chi connectivity index (χ3n) is 3.28. The first-order valence-electron chi connectivity index (χ1n) is 6.28. The fraction of sp³-hybridized carbons (Fsp3) is 0.333. The Hall–Kier alpha value is -2.19. The quantitative estimate of drug-likeness (QED) is 0.623. The minimum Gasteiger partial charge on any atom is -0.265 e. The van der Waals surface area contributed by atoms with Crippen molar-refractivity contribution >= 4 is 6.08 Å². The maximum absolute atomic E-state index is 10.4. The van der Waals surface area contributed by atoms with E-state index in [1.165, 1.54) is 5.56 Å². The third kappa shape index (κ3) is 2.80. The maximum Gasteiger partial charge on any atom is 0.235 e. The molecule has 0 saturated heterocycles. The average Bonchev–Trinajstić information content (AvgIpc) is 2.66. The molecule has 1 aromatic carbocycles. The number of aryl methyl sites for hydroxylation is 1. The Morgan fingerprint density at radius 1 is 1.32 bits per heavy atom. The maximum atomic E-state index is 10.4. The molecule has 0 aliphatic carbocycles. The van der Waals surface area contributed by atoms with Crippen LogP contribution in [-0.2, 0) is 11.3 Å². The van der Waals surface area contributed by atoms with Crippen molar-refractivity contribution in [3.63, 3.8) is 0 Å². The molecule has 4 heteroatoms. The van der Waals surface area contributed by atoms with Gasteiger partial charge >= 0.3 is 0 Å². The Kier molecular flexibility index (Phi) is 3.93. The third-order valence-corrected chi connectivity index (χ3v) is 3.28. The Morgan fingerprint density at radius 3 is 2.63 bits per heavy atom. The molecular weight excluding hydrogens is 238 g/mol. The van der Waals surface area contributed by atoms with Crippen molar-refractivity contribution < 1.29 is 4.79 Å². The van der Waals surface area contributed by atoms with E-state index in [0.29, 0.717) is 0 Å². The molecule has 0 spiro atoms. The van der Waals surface area contributed by atoms with Crippen LogP contribution in [0.15, 0.2) is 35.3 Å².